The van der Waals surface area contributed by atoms with Crippen LogP contribution in [0.15, 0.2) is 42.9 Å². The minimum atomic E-state index is -0.816. The van der Waals surface area contributed by atoms with E-state index in [-0.39, 0.29) is 11.4 Å². The molecule has 116 valence electrons. The van der Waals surface area contributed by atoms with Crippen molar-refractivity contribution in [1.82, 2.24) is 14.8 Å². The van der Waals surface area contributed by atoms with Crippen molar-refractivity contribution in [3.63, 3.8) is 0 Å². The van der Waals surface area contributed by atoms with E-state index in [2.05, 4.69) is 10.1 Å². The number of carbonyl (C=O) groups is 1. The average molecular weight is 311 g/mol. The smallest absolute Gasteiger partial charge is 0.251 e. The maximum atomic E-state index is 14.0. The van der Waals surface area contributed by atoms with E-state index >= 15 is 0 Å². The van der Waals surface area contributed by atoms with Gasteiger partial charge in [-0.1, -0.05) is 6.07 Å². The summed E-state index contributed by atoms with van der Waals surface area (Å²) in [6.45, 7) is 0. The van der Waals surface area contributed by atoms with Gasteiger partial charge in [0.05, 0.1) is 11.8 Å². The predicted molar refractivity (Wildman–Crippen MR) is 84.8 cm³/mol. The van der Waals surface area contributed by atoms with Gasteiger partial charge in [-0.25, -0.2) is 9.37 Å². The van der Waals surface area contributed by atoms with Gasteiger partial charge in [-0.3, -0.25) is 9.48 Å². The van der Waals surface area contributed by atoms with E-state index < -0.39 is 11.7 Å². The summed E-state index contributed by atoms with van der Waals surface area (Å²) in [7, 11) is 1.81. The number of hydrogen-bond acceptors (Lipinski definition) is 4. The van der Waals surface area contributed by atoms with Crippen molar-refractivity contribution >= 4 is 11.7 Å². The largest absolute Gasteiger partial charge is 0.383 e. The summed E-state index contributed by atoms with van der Waals surface area (Å²) in [5.41, 5.74) is 13.6. The highest BCUT2D eigenvalue weighted by molar-refractivity contribution is 5.94. The Morgan fingerprint density at radius 3 is 2.57 bits per heavy atom. The maximum absolute atomic E-state index is 14.0. The molecule has 0 spiro atoms. The molecule has 4 N–H and O–H groups in total. The molecule has 0 bridgehead atoms. The molecular weight excluding hydrogens is 297 g/mol. The fourth-order valence-corrected chi connectivity index (χ4v) is 2.32. The van der Waals surface area contributed by atoms with Crippen molar-refractivity contribution < 1.29 is 9.18 Å². The Kier molecular flexibility index (Phi) is 3.53. The van der Waals surface area contributed by atoms with Gasteiger partial charge in [0.15, 0.2) is 0 Å². The zero-order valence-electron chi connectivity index (χ0n) is 12.3. The van der Waals surface area contributed by atoms with Crippen molar-refractivity contribution in [2.45, 2.75) is 0 Å². The number of benzene rings is 1. The molecule has 2 aromatic heterocycles. The number of nitrogen functional groups attached to an aromatic ring is 1. The first kappa shape index (κ1) is 14.7. The fraction of sp³-hybridized carbons (Fsp3) is 0.0625. The standard InChI is InChI=1S/C16H14FN5O/c1-22-8-11(7-21-22)10-4-13(15(18)20-6-10)9-2-3-12(16(19)23)14(17)5-9/h2-8H,1H3,(H2,18,20)(H2,19,23). The second-order valence-electron chi connectivity index (χ2n) is 5.12. The summed E-state index contributed by atoms with van der Waals surface area (Å²) in [5, 5.41) is 4.11. The Morgan fingerprint density at radius 2 is 1.96 bits per heavy atom. The van der Waals surface area contributed by atoms with E-state index in [0.29, 0.717) is 11.1 Å². The monoisotopic (exact) mass is 311 g/mol. The number of aromatic nitrogens is 3. The zero-order chi connectivity index (χ0) is 16.6. The van der Waals surface area contributed by atoms with Crippen molar-refractivity contribution in [1.29, 1.82) is 0 Å². The van der Waals surface area contributed by atoms with Gasteiger partial charge in [0.2, 0.25) is 0 Å². The highest BCUT2D eigenvalue weighted by Gasteiger charge is 2.13. The molecule has 6 nitrogen and oxygen atoms in total. The highest BCUT2D eigenvalue weighted by Crippen LogP contribution is 2.30. The van der Waals surface area contributed by atoms with Crippen molar-refractivity contribution in [2.75, 3.05) is 5.73 Å². The molecule has 0 saturated carbocycles. The molecule has 0 fully saturated rings. The molecule has 7 heteroatoms. The summed E-state index contributed by atoms with van der Waals surface area (Å²) >= 11 is 0. The van der Waals surface area contributed by atoms with Crippen LogP contribution >= 0.6 is 0 Å². The summed E-state index contributed by atoms with van der Waals surface area (Å²) < 4.78 is 15.6. The summed E-state index contributed by atoms with van der Waals surface area (Å²) in [5.74, 6) is -1.24. The first-order valence-corrected chi connectivity index (χ1v) is 6.80. The number of primary amides is 1. The number of nitrogens with zero attached hydrogens (tertiary/aromatic N) is 3. The molecule has 0 aliphatic heterocycles. The number of nitrogens with two attached hydrogens (primary N) is 2. The minimum Gasteiger partial charge on any atom is -0.383 e. The average Bonchev–Trinajstić information content (AvgIpc) is 2.94. The molecule has 0 atom stereocenters. The topological polar surface area (TPSA) is 99.8 Å². The first-order valence-electron chi connectivity index (χ1n) is 6.80. The predicted octanol–water partition coefficient (Wildman–Crippen LogP) is 1.97. The van der Waals surface area contributed by atoms with Crippen LogP contribution in [0.4, 0.5) is 10.2 Å². The summed E-state index contributed by atoms with van der Waals surface area (Å²) in [6.07, 6.45) is 5.17. The van der Waals surface area contributed by atoms with Gasteiger partial charge < -0.3 is 11.5 Å². The third-order valence-corrected chi connectivity index (χ3v) is 3.50. The SMILES string of the molecule is Cn1cc(-c2cnc(N)c(-c3ccc(C(N)=O)c(F)c3)c2)cn1. The van der Waals surface area contributed by atoms with Crippen LogP contribution in [0.25, 0.3) is 22.3 Å². The van der Waals surface area contributed by atoms with Crippen LogP contribution < -0.4 is 11.5 Å². The number of amides is 1. The molecule has 23 heavy (non-hydrogen) atoms. The Labute approximate surface area is 131 Å². The van der Waals surface area contributed by atoms with Crippen LogP contribution in [0.3, 0.4) is 0 Å². The molecule has 2 heterocycles. The highest BCUT2D eigenvalue weighted by atomic mass is 19.1. The lowest BCUT2D eigenvalue weighted by Gasteiger charge is -2.08. The lowest BCUT2D eigenvalue weighted by Crippen LogP contribution is -2.13. The Bertz CT molecular complexity index is 903. The molecule has 3 rings (SSSR count). The van der Waals surface area contributed by atoms with Crippen LogP contribution in [-0.2, 0) is 7.05 Å². The van der Waals surface area contributed by atoms with Crippen LogP contribution in [0, 0.1) is 5.82 Å². The van der Waals surface area contributed by atoms with Crippen molar-refractivity contribution in [2.24, 2.45) is 12.8 Å². The van der Waals surface area contributed by atoms with Gasteiger partial charge in [-0.2, -0.15) is 5.10 Å². The third-order valence-electron chi connectivity index (χ3n) is 3.50. The third kappa shape index (κ3) is 2.76. The van der Waals surface area contributed by atoms with Gasteiger partial charge in [-0.05, 0) is 23.8 Å². The summed E-state index contributed by atoms with van der Waals surface area (Å²) in [4.78, 5) is 15.3. The second kappa shape index (κ2) is 5.53. The van der Waals surface area contributed by atoms with E-state index in [1.807, 2.05) is 13.2 Å². The van der Waals surface area contributed by atoms with Gasteiger partial charge in [0, 0.05) is 36.1 Å². The van der Waals surface area contributed by atoms with E-state index in [4.69, 9.17) is 11.5 Å². The maximum Gasteiger partial charge on any atom is 0.251 e. The van der Waals surface area contributed by atoms with E-state index in [1.165, 1.54) is 12.1 Å². The number of pyridine rings is 1. The second-order valence-corrected chi connectivity index (χ2v) is 5.12. The zero-order valence-corrected chi connectivity index (χ0v) is 12.3. The first-order chi connectivity index (χ1) is 11.0. The molecule has 0 aliphatic carbocycles. The number of halogens is 1. The number of anilines is 1. The Balaban J connectivity index is 2.09. The molecule has 1 amide bonds. The molecule has 1 aromatic carbocycles. The number of aryl methyl sites for hydroxylation is 1. The normalized spacial score (nSPS) is 10.7. The molecule has 0 aliphatic rings. The number of carbonyl (C=O) groups excluding carboxylic acids is 1. The molecule has 3 aromatic rings. The van der Waals surface area contributed by atoms with Crippen molar-refractivity contribution in [3.05, 3.63) is 54.2 Å². The molecule has 0 saturated heterocycles. The van der Waals surface area contributed by atoms with Gasteiger partial charge >= 0.3 is 0 Å². The quantitative estimate of drug-likeness (QED) is 0.772. The van der Waals surface area contributed by atoms with E-state index in [9.17, 15) is 9.18 Å². The van der Waals surface area contributed by atoms with Gasteiger partial charge in [0.1, 0.15) is 11.6 Å². The number of rotatable bonds is 3. The van der Waals surface area contributed by atoms with Crippen LogP contribution in [0.2, 0.25) is 0 Å². The number of hydrogen-bond donors (Lipinski definition) is 2. The lowest BCUT2D eigenvalue weighted by molar-refractivity contribution is 0.0996. The Morgan fingerprint density at radius 1 is 1.17 bits per heavy atom. The van der Waals surface area contributed by atoms with Crippen LogP contribution in [0.1, 0.15) is 10.4 Å². The summed E-state index contributed by atoms with van der Waals surface area (Å²) in [6, 6.07) is 5.95. The van der Waals surface area contributed by atoms with Gasteiger partial charge in [0.25, 0.3) is 5.91 Å². The minimum absolute atomic E-state index is 0.163. The molecular formula is C16H14FN5O. The van der Waals surface area contributed by atoms with Gasteiger partial charge in [-0.15, -0.1) is 0 Å². The Hall–Kier alpha value is -3.22. The van der Waals surface area contributed by atoms with Crippen LogP contribution in [0.5, 0.6) is 0 Å². The lowest BCUT2D eigenvalue weighted by atomic mass is 10.0. The molecule has 0 radical (unpaired) electrons. The molecule has 0 unspecified atom stereocenters. The van der Waals surface area contributed by atoms with E-state index in [0.717, 1.165) is 11.1 Å². The van der Waals surface area contributed by atoms with Crippen molar-refractivity contribution in [3.8, 4) is 22.3 Å². The fourth-order valence-electron chi connectivity index (χ4n) is 2.32. The van der Waals surface area contributed by atoms with Crippen LogP contribution in [-0.4, -0.2) is 20.7 Å². The van der Waals surface area contributed by atoms with E-state index in [1.54, 1.807) is 29.2 Å².